The van der Waals surface area contributed by atoms with E-state index in [2.05, 4.69) is 47.9 Å². The van der Waals surface area contributed by atoms with Gasteiger partial charge in [-0.05, 0) is 40.2 Å². The SMILES string of the molecule is CCN(CCCN(C)C)CC1CSCCN1. The number of thioether (sulfide) groups is 1. The molecule has 1 heterocycles. The van der Waals surface area contributed by atoms with Crippen LogP contribution in [0.2, 0.25) is 0 Å². The van der Waals surface area contributed by atoms with Crippen LogP contribution in [0.4, 0.5) is 0 Å². The van der Waals surface area contributed by atoms with Crippen LogP contribution in [0.1, 0.15) is 13.3 Å². The summed E-state index contributed by atoms with van der Waals surface area (Å²) in [6.07, 6.45) is 1.28. The molecule has 16 heavy (non-hydrogen) atoms. The normalized spacial score (nSPS) is 21.9. The van der Waals surface area contributed by atoms with Crippen molar-refractivity contribution in [2.75, 3.05) is 58.3 Å². The van der Waals surface area contributed by atoms with Gasteiger partial charge in [0.1, 0.15) is 0 Å². The van der Waals surface area contributed by atoms with E-state index in [1.165, 1.54) is 50.7 Å². The number of rotatable bonds is 7. The van der Waals surface area contributed by atoms with Crippen LogP contribution in [-0.4, -0.2) is 74.2 Å². The molecule has 96 valence electrons. The molecule has 0 aliphatic carbocycles. The van der Waals surface area contributed by atoms with E-state index in [4.69, 9.17) is 0 Å². The molecule has 0 spiro atoms. The van der Waals surface area contributed by atoms with Crippen molar-refractivity contribution in [2.45, 2.75) is 19.4 Å². The Bertz CT molecular complexity index is 170. The van der Waals surface area contributed by atoms with Gasteiger partial charge in [-0.2, -0.15) is 11.8 Å². The third-order valence-electron chi connectivity index (χ3n) is 3.00. The Balaban J connectivity index is 2.14. The van der Waals surface area contributed by atoms with Crippen molar-refractivity contribution in [2.24, 2.45) is 0 Å². The molecular weight excluding hydrogens is 218 g/mol. The van der Waals surface area contributed by atoms with Crippen LogP contribution in [0.3, 0.4) is 0 Å². The summed E-state index contributed by atoms with van der Waals surface area (Å²) in [6.45, 7) is 8.28. The third-order valence-corrected chi connectivity index (χ3v) is 4.13. The monoisotopic (exact) mass is 245 g/mol. The molecule has 1 aliphatic rings. The molecule has 1 fully saturated rings. The van der Waals surface area contributed by atoms with Crippen LogP contribution in [-0.2, 0) is 0 Å². The van der Waals surface area contributed by atoms with Gasteiger partial charge in [-0.25, -0.2) is 0 Å². The first-order valence-electron chi connectivity index (χ1n) is 6.40. The molecule has 1 saturated heterocycles. The molecule has 0 aromatic rings. The van der Waals surface area contributed by atoms with Gasteiger partial charge in [0.15, 0.2) is 0 Å². The second-order valence-corrected chi connectivity index (χ2v) is 5.93. The Labute approximate surface area is 105 Å². The quantitative estimate of drug-likeness (QED) is 0.720. The summed E-state index contributed by atoms with van der Waals surface area (Å²) in [4.78, 5) is 4.84. The Morgan fingerprint density at radius 1 is 1.31 bits per heavy atom. The van der Waals surface area contributed by atoms with Crippen LogP contribution in [0.5, 0.6) is 0 Å². The minimum atomic E-state index is 0.707. The fraction of sp³-hybridized carbons (Fsp3) is 1.00. The lowest BCUT2D eigenvalue weighted by Crippen LogP contribution is -2.46. The van der Waals surface area contributed by atoms with E-state index in [0.717, 1.165) is 0 Å². The molecule has 1 N–H and O–H groups in total. The first kappa shape index (κ1) is 14.3. The van der Waals surface area contributed by atoms with Gasteiger partial charge in [-0.1, -0.05) is 6.92 Å². The maximum Gasteiger partial charge on any atom is 0.0285 e. The van der Waals surface area contributed by atoms with E-state index in [1.807, 2.05) is 0 Å². The van der Waals surface area contributed by atoms with Crippen molar-refractivity contribution in [1.82, 2.24) is 15.1 Å². The van der Waals surface area contributed by atoms with E-state index >= 15 is 0 Å². The highest BCUT2D eigenvalue weighted by molar-refractivity contribution is 7.99. The second-order valence-electron chi connectivity index (χ2n) is 4.78. The Kier molecular flexibility index (Phi) is 7.45. The van der Waals surface area contributed by atoms with E-state index in [9.17, 15) is 0 Å². The van der Waals surface area contributed by atoms with E-state index in [1.54, 1.807) is 0 Å². The van der Waals surface area contributed by atoms with Crippen molar-refractivity contribution in [1.29, 1.82) is 0 Å². The van der Waals surface area contributed by atoms with E-state index < -0.39 is 0 Å². The highest BCUT2D eigenvalue weighted by Gasteiger charge is 2.15. The Morgan fingerprint density at radius 2 is 2.12 bits per heavy atom. The van der Waals surface area contributed by atoms with Gasteiger partial charge >= 0.3 is 0 Å². The van der Waals surface area contributed by atoms with Crippen molar-refractivity contribution in [3.05, 3.63) is 0 Å². The third kappa shape index (κ3) is 6.09. The summed E-state index contributed by atoms with van der Waals surface area (Å²) in [5.41, 5.74) is 0. The lowest BCUT2D eigenvalue weighted by Gasteiger charge is -2.29. The van der Waals surface area contributed by atoms with Crippen LogP contribution in [0.25, 0.3) is 0 Å². The zero-order valence-electron chi connectivity index (χ0n) is 11.0. The lowest BCUT2D eigenvalue weighted by atomic mass is 10.2. The van der Waals surface area contributed by atoms with Gasteiger partial charge in [-0.3, -0.25) is 0 Å². The fourth-order valence-electron chi connectivity index (χ4n) is 2.04. The van der Waals surface area contributed by atoms with Gasteiger partial charge in [0.25, 0.3) is 0 Å². The van der Waals surface area contributed by atoms with E-state index in [-0.39, 0.29) is 0 Å². The molecule has 0 saturated carbocycles. The molecule has 0 aromatic carbocycles. The summed E-state index contributed by atoms with van der Waals surface area (Å²) < 4.78 is 0. The van der Waals surface area contributed by atoms with Crippen LogP contribution >= 0.6 is 11.8 Å². The molecule has 0 radical (unpaired) electrons. The largest absolute Gasteiger partial charge is 0.311 e. The number of likely N-dealkylation sites (N-methyl/N-ethyl adjacent to an activating group) is 1. The minimum Gasteiger partial charge on any atom is -0.311 e. The van der Waals surface area contributed by atoms with Gasteiger partial charge in [-0.15, -0.1) is 0 Å². The molecule has 0 amide bonds. The van der Waals surface area contributed by atoms with Gasteiger partial charge in [0, 0.05) is 30.6 Å². The Hall–Kier alpha value is 0.230. The standard InChI is InChI=1S/C12H27N3S/c1-4-15(8-5-7-14(2)3)10-12-11-16-9-6-13-12/h12-13H,4-11H2,1-3H3. The van der Waals surface area contributed by atoms with Crippen LogP contribution in [0, 0.1) is 0 Å². The van der Waals surface area contributed by atoms with Crippen LogP contribution in [0.15, 0.2) is 0 Å². The predicted octanol–water partition coefficient (Wildman–Crippen LogP) is 0.965. The van der Waals surface area contributed by atoms with Crippen molar-refractivity contribution < 1.29 is 0 Å². The zero-order valence-corrected chi connectivity index (χ0v) is 11.9. The molecule has 1 rings (SSSR count). The van der Waals surface area contributed by atoms with Crippen molar-refractivity contribution in [3.63, 3.8) is 0 Å². The average Bonchev–Trinajstić information content (AvgIpc) is 2.28. The Morgan fingerprint density at radius 3 is 2.69 bits per heavy atom. The summed E-state index contributed by atoms with van der Waals surface area (Å²) in [5.74, 6) is 2.56. The second kappa shape index (κ2) is 8.34. The maximum atomic E-state index is 3.61. The summed E-state index contributed by atoms with van der Waals surface area (Å²) >= 11 is 2.09. The molecular formula is C12H27N3S. The fourth-order valence-corrected chi connectivity index (χ4v) is 2.97. The maximum absolute atomic E-state index is 3.61. The van der Waals surface area contributed by atoms with Crippen molar-refractivity contribution >= 4 is 11.8 Å². The number of hydrogen-bond donors (Lipinski definition) is 1. The molecule has 4 heteroatoms. The van der Waals surface area contributed by atoms with Gasteiger partial charge in [0.2, 0.25) is 0 Å². The zero-order chi connectivity index (χ0) is 11.8. The topological polar surface area (TPSA) is 18.5 Å². The molecule has 0 aromatic heterocycles. The summed E-state index contributed by atoms with van der Waals surface area (Å²) in [6, 6.07) is 0.707. The molecule has 3 nitrogen and oxygen atoms in total. The van der Waals surface area contributed by atoms with Gasteiger partial charge < -0.3 is 15.1 Å². The highest BCUT2D eigenvalue weighted by Crippen LogP contribution is 2.09. The predicted molar refractivity (Wildman–Crippen MR) is 74.4 cm³/mol. The molecule has 1 atom stereocenters. The highest BCUT2D eigenvalue weighted by atomic mass is 32.2. The van der Waals surface area contributed by atoms with Gasteiger partial charge in [0.05, 0.1) is 0 Å². The first-order valence-corrected chi connectivity index (χ1v) is 7.56. The van der Waals surface area contributed by atoms with Crippen molar-refractivity contribution in [3.8, 4) is 0 Å². The smallest absolute Gasteiger partial charge is 0.0285 e. The van der Waals surface area contributed by atoms with Crippen LogP contribution < -0.4 is 5.32 Å². The average molecular weight is 245 g/mol. The first-order chi connectivity index (χ1) is 7.72. The number of hydrogen-bond acceptors (Lipinski definition) is 4. The number of nitrogens with zero attached hydrogens (tertiary/aromatic N) is 2. The summed E-state index contributed by atoms with van der Waals surface area (Å²) in [7, 11) is 4.30. The molecule has 0 bridgehead atoms. The molecule has 1 unspecified atom stereocenters. The van der Waals surface area contributed by atoms with E-state index in [0.29, 0.717) is 6.04 Å². The number of nitrogens with one attached hydrogen (secondary N) is 1. The molecule has 1 aliphatic heterocycles. The summed E-state index contributed by atoms with van der Waals surface area (Å²) in [5, 5.41) is 3.61. The lowest BCUT2D eigenvalue weighted by molar-refractivity contribution is 0.245. The minimum absolute atomic E-state index is 0.707.